The Balaban J connectivity index is 1.84. The summed E-state index contributed by atoms with van der Waals surface area (Å²) >= 11 is 0. The first-order chi connectivity index (χ1) is 10.8. The minimum absolute atomic E-state index is 0.721. The fourth-order valence-electron chi connectivity index (χ4n) is 2.67. The molecule has 0 aliphatic heterocycles. The van der Waals surface area contributed by atoms with Crippen LogP contribution in [0.25, 0.3) is 0 Å². The Bertz CT molecular complexity index is 378. The van der Waals surface area contributed by atoms with Crippen LogP contribution >= 0.6 is 0 Å². The summed E-state index contributed by atoms with van der Waals surface area (Å²) in [4.78, 5) is 8.83. The number of hydrogen-bond donors (Lipinski definition) is 0. The van der Waals surface area contributed by atoms with Crippen molar-refractivity contribution >= 4 is 6.21 Å². The Morgan fingerprint density at radius 3 is 2.55 bits per heavy atom. The molecule has 1 aromatic rings. The smallest absolute Gasteiger partial charge is 0.106 e. The molecule has 1 atom stereocenters. The van der Waals surface area contributed by atoms with Crippen LogP contribution in [0, 0.1) is 5.92 Å². The van der Waals surface area contributed by atoms with E-state index in [9.17, 15) is 0 Å². The molecule has 0 radical (unpaired) electrons. The molecule has 0 bridgehead atoms. The second kappa shape index (κ2) is 13.3. The molecule has 0 aromatic carbocycles. The summed E-state index contributed by atoms with van der Waals surface area (Å²) in [5, 5.41) is 3.79. The van der Waals surface area contributed by atoms with Gasteiger partial charge in [-0.2, -0.15) is 0 Å². The Morgan fingerprint density at radius 2 is 1.86 bits per heavy atom. The van der Waals surface area contributed by atoms with Gasteiger partial charge in [0.25, 0.3) is 0 Å². The number of nitrogens with zero attached hydrogens (tertiary/aromatic N) is 2. The second-order valence-electron chi connectivity index (χ2n) is 6.19. The molecule has 0 fully saturated rings. The van der Waals surface area contributed by atoms with Gasteiger partial charge in [0.15, 0.2) is 0 Å². The van der Waals surface area contributed by atoms with Gasteiger partial charge in [0.1, 0.15) is 7.11 Å². The van der Waals surface area contributed by atoms with E-state index in [1.54, 1.807) is 7.11 Å². The molecule has 3 heteroatoms. The van der Waals surface area contributed by atoms with Gasteiger partial charge in [-0.3, -0.25) is 4.98 Å². The highest BCUT2D eigenvalue weighted by molar-refractivity contribution is 5.56. The molecule has 0 N–H and O–H groups in total. The number of unbranched alkanes of at least 4 members (excludes halogenated alkanes) is 6. The van der Waals surface area contributed by atoms with Crippen LogP contribution in [0.1, 0.15) is 70.3 Å². The summed E-state index contributed by atoms with van der Waals surface area (Å²) < 4.78 is 0. The molecular weight excluding hydrogens is 272 g/mol. The van der Waals surface area contributed by atoms with Crippen LogP contribution in [-0.4, -0.2) is 18.3 Å². The average molecular weight is 304 g/mol. The van der Waals surface area contributed by atoms with Gasteiger partial charge in [0, 0.05) is 18.6 Å². The first-order valence-electron chi connectivity index (χ1n) is 8.77. The molecule has 1 heterocycles. The lowest BCUT2D eigenvalue weighted by molar-refractivity contribution is 0.214. The highest BCUT2D eigenvalue weighted by Gasteiger charge is 2.00. The third kappa shape index (κ3) is 10.4. The van der Waals surface area contributed by atoms with E-state index < -0.39 is 0 Å². The highest BCUT2D eigenvalue weighted by atomic mass is 16.6. The van der Waals surface area contributed by atoms with Crippen molar-refractivity contribution in [3.05, 3.63) is 30.1 Å². The lowest BCUT2D eigenvalue weighted by atomic mass is 9.99. The topological polar surface area (TPSA) is 34.5 Å². The van der Waals surface area contributed by atoms with Crippen LogP contribution < -0.4 is 0 Å². The minimum atomic E-state index is 0.721. The zero-order chi connectivity index (χ0) is 15.9. The van der Waals surface area contributed by atoms with Crippen molar-refractivity contribution in [2.75, 3.05) is 7.11 Å². The Kier molecular flexibility index (Phi) is 11.3. The normalized spacial score (nSPS) is 12.6. The van der Waals surface area contributed by atoms with Crippen molar-refractivity contribution < 1.29 is 4.84 Å². The second-order valence-corrected chi connectivity index (χ2v) is 6.19. The van der Waals surface area contributed by atoms with Gasteiger partial charge >= 0.3 is 0 Å². The molecule has 1 aromatic heterocycles. The van der Waals surface area contributed by atoms with E-state index in [2.05, 4.69) is 28.0 Å². The summed E-state index contributed by atoms with van der Waals surface area (Å²) in [5.41, 5.74) is 1.37. The number of hydrogen-bond acceptors (Lipinski definition) is 3. The van der Waals surface area contributed by atoms with E-state index in [0.717, 1.165) is 12.3 Å². The van der Waals surface area contributed by atoms with Crippen LogP contribution in [0.15, 0.2) is 29.7 Å². The quantitative estimate of drug-likeness (QED) is 0.278. The van der Waals surface area contributed by atoms with Crippen molar-refractivity contribution in [1.82, 2.24) is 4.98 Å². The maximum atomic E-state index is 4.68. The molecule has 0 saturated heterocycles. The van der Waals surface area contributed by atoms with Crippen LogP contribution in [-0.2, 0) is 11.3 Å². The Hall–Kier alpha value is -1.38. The van der Waals surface area contributed by atoms with E-state index in [1.165, 1.54) is 63.4 Å². The van der Waals surface area contributed by atoms with Crippen molar-refractivity contribution in [2.45, 2.75) is 71.1 Å². The molecule has 0 amide bonds. The maximum Gasteiger partial charge on any atom is 0.106 e. The summed E-state index contributed by atoms with van der Waals surface area (Å²) in [7, 11) is 1.60. The molecule has 0 spiro atoms. The highest BCUT2D eigenvalue weighted by Crippen LogP contribution is 2.14. The zero-order valence-corrected chi connectivity index (χ0v) is 14.3. The van der Waals surface area contributed by atoms with E-state index >= 15 is 0 Å². The van der Waals surface area contributed by atoms with Gasteiger partial charge in [0.05, 0.1) is 0 Å². The van der Waals surface area contributed by atoms with Crippen LogP contribution in [0.2, 0.25) is 0 Å². The average Bonchev–Trinajstić information content (AvgIpc) is 2.54. The van der Waals surface area contributed by atoms with Crippen LogP contribution in [0.5, 0.6) is 0 Å². The van der Waals surface area contributed by atoms with Crippen molar-refractivity contribution in [2.24, 2.45) is 11.1 Å². The number of pyridine rings is 1. The lowest BCUT2D eigenvalue weighted by Crippen LogP contribution is -1.95. The monoisotopic (exact) mass is 304 g/mol. The number of rotatable bonds is 13. The molecule has 0 aliphatic carbocycles. The molecule has 1 unspecified atom stereocenters. The zero-order valence-electron chi connectivity index (χ0n) is 14.3. The first kappa shape index (κ1) is 18.7. The third-order valence-corrected chi connectivity index (χ3v) is 4.07. The molecule has 22 heavy (non-hydrogen) atoms. The van der Waals surface area contributed by atoms with E-state index in [4.69, 9.17) is 0 Å². The van der Waals surface area contributed by atoms with Crippen molar-refractivity contribution in [3.63, 3.8) is 0 Å². The van der Waals surface area contributed by atoms with Gasteiger partial charge < -0.3 is 4.84 Å². The predicted octanol–water partition coefficient (Wildman–Crippen LogP) is 5.40. The molecule has 1 rings (SSSR count). The number of aryl methyl sites for hydroxylation is 1. The molecule has 0 saturated carbocycles. The van der Waals surface area contributed by atoms with Crippen molar-refractivity contribution in [1.29, 1.82) is 0 Å². The summed E-state index contributed by atoms with van der Waals surface area (Å²) in [6.07, 6.45) is 18.7. The van der Waals surface area contributed by atoms with E-state index in [1.807, 2.05) is 24.7 Å². The van der Waals surface area contributed by atoms with E-state index in [0.29, 0.717) is 0 Å². The van der Waals surface area contributed by atoms with Gasteiger partial charge in [-0.15, -0.1) is 0 Å². The van der Waals surface area contributed by atoms with Gasteiger partial charge in [0.2, 0.25) is 0 Å². The Labute approximate surface area is 136 Å². The van der Waals surface area contributed by atoms with Crippen LogP contribution in [0.4, 0.5) is 0 Å². The number of aromatic nitrogens is 1. The van der Waals surface area contributed by atoms with Crippen molar-refractivity contribution in [3.8, 4) is 0 Å². The summed E-state index contributed by atoms with van der Waals surface area (Å²) in [6.45, 7) is 2.29. The third-order valence-electron chi connectivity index (χ3n) is 4.07. The standard InChI is InChI=1S/C19H32N2O/c1-18(14-16-21-22-2)11-8-6-4-3-5-7-9-12-19-13-10-15-20-17-19/h10,13,15-18H,3-9,11-12,14H2,1-2H3/b21-16+. The maximum absolute atomic E-state index is 4.68. The van der Waals surface area contributed by atoms with Gasteiger partial charge in [-0.05, 0) is 36.8 Å². The summed E-state index contributed by atoms with van der Waals surface area (Å²) in [6, 6.07) is 4.20. The molecular formula is C19H32N2O. The lowest BCUT2D eigenvalue weighted by Gasteiger charge is -2.07. The fraction of sp³-hybridized carbons (Fsp3) is 0.684. The predicted molar refractivity (Wildman–Crippen MR) is 94.2 cm³/mol. The van der Waals surface area contributed by atoms with Crippen LogP contribution in [0.3, 0.4) is 0 Å². The number of oxime groups is 1. The largest absolute Gasteiger partial charge is 0.399 e. The molecule has 124 valence electrons. The minimum Gasteiger partial charge on any atom is -0.399 e. The SMILES string of the molecule is CO/N=C/CC(C)CCCCCCCCCc1cccnc1. The summed E-state index contributed by atoms with van der Waals surface area (Å²) in [5.74, 6) is 0.721. The van der Waals surface area contributed by atoms with Gasteiger partial charge in [-0.1, -0.05) is 63.1 Å². The van der Waals surface area contributed by atoms with E-state index in [-0.39, 0.29) is 0 Å². The Morgan fingerprint density at radius 1 is 1.14 bits per heavy atom. The molecule has 0 aliphatic rings. The van der Waals surface area contributed by atoms with Gasteiger partial charge in [-0.25, -0.2) is 0 Å². The fourth-order valence-corrected chi connectivity index (χ4v) is 2.67. The first-order valence-corrected chi connectivity index (χ1v) is 8.77. The molecule has 3 nitrogen and oxygen atoms in total.